The monoisotopic (exact) mass is 506 g/mol. The molecule has 0 saturated carbocycles. The molecule has 0 unspecified atom stereocenters. The zero-order valence-electron chi connectivity index (χ0n) is 23.2. The van der Waals surface area contributed by atoms with Gasteiger partial charge in [-0.25, -0.2) is 4.99 Å². The summed E-state index contributed by atoms with van der Waals surface area (Å²) in [4.78, 5) is 17.7. The first kappa shape index (κ1) is 30.3. The number of ether oxygens (including phenoxy) is 1. The van der Waals surface area contributed by atoms with Crippen LogP contribution >= 0.6 is 0 Å². The molecule has 0 aromatic carbocycles. The fourth-order valence-electron chi connectivity index (χ4n) is 4.46. The normalized spacial score (nSPS) is 20.0. The van der Waals surface area contributed by atoms with Gasteiger partial charge in [0, 0.05) is 30.9 Å². The Morgan fingerprint density at radius 1 is 1.00 bits per heavy atom. The summed E-state index contributed by atoms with van der Waals surface area (Å²) in [5.41, 5.74) is 4.48. The predicted octanol–water partition coefficient (Wildman–Crippen LogP) is 5.66. The third-order valence-electron chi connectivity index (χ3n) is 6.58. The van der Waals surface area contributed by atoms with Crippen LogP contribution in [0.15, 0.2) is 88.9 Å². The van der Waals surface area contributed by atoms with Crippen molar-refractivity contribution >= 4 is 11.6 Å². The maximum absolute atomic E-state index is 12.8. The van der Waals surface area contributed by atoms with Crippen LogP contribution in [0.2, 0.25) is 0 Å². The van der Waals surface area contributed by atoms with Crippen molar-refractivity contribution in [2.24, 2.45) is 10.9 Å². The van der Waals surface area contributed by atoms with E-state index in [4.69, 9.17) is 9.73 Å². The molecule has 3 N–H and O–H groups in total. The van der Waals surface area contributed by atoms with Crippen molar-refractivity contribution in [2.45, 2.75) is 65.8 Å². The first-order valence-corrected chi connectivity index (χ1v) is 13.6. The number of carbonyl (C=O) groups excluding carboxylic acids is 1. The lowest BCUT2D eigenvalue weighted by molar-refractivity contribution is -0.127. The number of piperidine rings is 1. The summed E-state index contributed by atoms with van der Waals surface area (Å²) in [6, 6.07) is 0.409. The Labute approximate surface area is 224 Å². The molecule has 2 aliphatic rings. The van der Waals surface area contributed by atoms with Crippen molar-refractivity contribution in [1.29, 1.82) is 0 Å². The van der Waals surface area contributed by atoms with Gasteiger partial charge in [-0.2, -0.15) is 0 Å². The van der Waals surface area contributed by atoms with Gasteiger partial charge in [-0.15, -0.1) is 0 Å². The molecule has 0 spiro atoms. The molecule has 0 aromatic heterocycles. The molecule has 0 aliphatic carbocycles. The second-order valence-corrected chi connectivity index (χ2v) is 9.36. The second-order valence-electron chi connectivity index (χ2n) is 9.36. The highest BCUT2D eigenvalue weighted by atomic mass is 16.5. The quantitative estimate of drug-likeness (QED) is 0.236. The van der Waals surface area contributed by atoms with Crippen LogP contribution in [0.4, 0.5) is 0 Å². The lowest BCUT2D eigenvalue weighted by Crippen LogP contribution is -2.39. The molecule has 2 saturated heterocycles. The molecule has 2 rings (SSSR count). The number of nitrogens with zero attached hydrogens (tertiary/aromatic N) is 1. The summed E-state index contributed by atoms with van der Waals surface area (Å²) >= 11 is 0. The Kier molecular flexibility index (Phi) is 13.7. The van der Waals surface area contributed by atoms with Crippen LogP contribution in [0.1, 0.15) is 59.8 Å². The number of nitrogens with one attached hydrogen (secondary N) is 3. The summed E-state index contributed by atoms with van der Waals surface area (Å²) in [6.07, 6.45) is 18.5. The topological polar surface area (TPSA) is 74.8 Å². The third kappa shape index (κ3) is 10.1. The highest BCUT2D eigenvalue weighted by molar-refractivity contribution is 6.10. The smallest absolute Gasteiger partial charge is 0.227 e. The molecular formula is C31H46N4O2. The van der Waals surface area contributed by atoms with Gasteiger partial charge in [-0.1, -0.05) is 38.3 Å². The molecule has 6 heteroatoms. The molecule has 1 amide bonds. The van der Waals surface area contributed by atoms with Gasteiger partial charge in [0.25, 0.3) is 0 Å². The van der Waals surface area contributed by atoms with E-state index in [0.717, 1.165) is 79.1 Å². The van der Waals surface area contributed by atoms with Crippen LogP contribution in [-0.2, 0) is 9.53 Å². The highest BCUT2D eigenvalue weighted by Gasteiger charge is 2.21. The zero-order valence-corrected chi connectivity index (χ0v) is 23.2. The van der Waals surface area contributed by atoms with Crippen LogP contribution in [0.3, 0.4) is 0 Å². The molecule has 0 bridgehead atoms. The standard InChI is InChI=1S/C31H46N4O2/c1-7-12-24(8-2)27(21-23(6)33-31(36)26-15-19-37-20-16-26)22-25(9-3)29(10-4)35-30(11-5)34-28-13-17-32-18-14-28/h8-12,21-22,26,28,32,34H,2,4,7,13-20H2,1,3,5-6H3,(H,33,36)/b23-21+,24-12+,25-9+,27-22-,30-11-,35-29+. The van der Waals surface area contributed by atoms with Crippen LogP contribution in [0.5, 0.6) is 0 Å². The Bertz CT molecular complexity index is 969. The number of aliphatic imine (C=N–C) groups is 1. The van der Waals surface area contributed by atoms with Crippen molar-refractivity contribution in [3.8, 4) is 0 Å². The summed E-state index contributed by atoms with van der Waals surface area (Å²) < 4.78 is 5.40. The minimum absolute atomic E-state index is 0.00751. The summed E-state index contributed by atoms with van der Waals surface area (Å²) in [5, 5.41) is 10.1. The SMILES string of the molecule is C=CC(=C\CC)/C(=C\C(=C/C)C(\C=C)=N\C(=C/C)NC1CCNCC1)/C=C(\C)NC(=O)C1CCOCC1. The molecule has 2 aliphatic heterocycles. The Balaban J connectivity index is 2.35. The Morgan fingerprint density at radius 2 is 1.70 bits per heavy atom. The van der Waals surface area contributed by atoms with Gasteiger partial charge in [0.1, 0.15) is 5.82 Å². The molecule has 2 heterocycles. The fraction of sp³-hybridized carbons (Fsp3) is 0.484. The fourth-order valence-corrected chi connectivity index (χ4v) is 4.46. The van der Waals surface area contributed by atoms with Gasteiger partial charge in [-0.05, 0) is 107 Å². The second kappa shape index (κ2) is 16.7. The lowest BCUT2D eigenvalue weighted by atomic mass is 9.97. The van der Waals surface area contributed by atoms with Crippen LogP contribution < -0.4 is 16.0 Å². The van der Waals surface area contributed by atoms with Gasteiger partial charge < -0.3 is 20.7 Å². The number of carbonyl (C=O) groups is 1. The van der Waals surface area contributed by atoms with Crippen molar-refractivity contribution in [3.05, 3.63) is 83.9 Å². The molecule has 202 valence electrons. The first-order valence-electron chi connectivity index (χ1n) is 13.6. The summed E-state index contributed by atoms with van der Waals surface area (Å²) in [6.45, 7) is 19.4. The zero-order chi connectivity index (χ0) is 27.0. The van der Waals surface area contributed by atoms with E-state index in [1.165, 1.54) is 0 Å². The van der Waals surface area contributed by atoms with Crippen molar-refractivity contribution in [2.75, 3.05) is 26.3 Å². The Hall–Kier alpha value is -2.96. The first-order chi connectivity index (χ1) is 17.9. The molecule has 6 nitrogen and oxygen atoms in total. The Morgan fingerprint density at radius 3 is 2.27 bits per heavy atom. The third-order valence-corrected chi connectivity index (χ3v) is 6.58. The number of rotatable bonds is 12. The average molecular weight is 507 g/mol. The van der Waals surface area contributed by atoms with E-state index in [-0.39, 0.29) is 11.8 Å². The van der Waals surface area contributed by atoms with Gasteiger partial charge in [-0.3, -0.25) is 4.79 Å². The molecule has 0 atom stereocenters. The van der Waals surface area contributed by atoms with E-state index >= 15 is 0 Å². The minimum atomic E-state index is -0.00751. The molecule has 37 heavy (non-hydrogen) atoms. The van der Waals surface area contributed by atoms with Gasteiger partial charge >= 0.3 is 0 Å². The molecular weight excluding hydrogens is 460 g/mol. The lowest BCUT2D eigenvalue weighted by Gasteiger charge is -2.25. The van der Waals surface area contributed by atoms with Crippen molar-refractivity contribution in [1.82, 2.24) is 16.0 Å². The van der Waals surface area contributed by atoms with E-state index in [9.17, 15) is 4.79 Å². The van der Waals surface area contributed by atoms with Gasteiger partial charge in [0.15, 0.2) is 0 Å². The summed E-state index contributed by atoms with van der Waals surface area (Å²) in [7, 11) is 0. The number of allylic oxidation sites excluding steroid dienone is 11. The number of hydrogen-bond donors (Lipinski definition) is 3. The molecule has 2 fully saturated rings. The maximum atomic E-state index is 12.8. The van der Waals surface area contributed by atoms with Gasteiger partial charge in [0.05, 0.1) is 5.71 Å². The van der Waals surface area contributed by atoms with E-state index in [0.29, 0.717) is 19.3 Å². The van der Waals surface area contributed by atoms with E-state index in [2.05, 4.69) is 48.2 Å². The summed E-state index contributed by atoms with van der Waals surface area (Å²) in [5.74, 6) is 0.892. The largest absolute Gasteiger partial charge is 0.381 e. The highest BCUT2D eigenvalue weighted by Crippen LogP contribution is 2.21. The van der Waals surface area contributed by atoms with E-state index in [1.807, 2.05) is 45.1 Å². The number of amides is 1. The minimum Gasteiger partial charge on any atom is -0.381 e. The van der Waals surface area contributed by atoms with Crippen LogP contribution in [-0.4, -0.2) is 44.0 Å². The van der Waals surface area contributed by atoms with Crippen LogP contribution in [0, 0.1) is 5.92 Å². The predicted molar refractivity (Wildman–Crippen MR) is 156 cm³/mol. The molecule has 0 aromatic rings. The van der Waals surface area contributed by atoms with Gasteiger partial charge in [0.2, 0.25) is 5.91 Å². The van der Waals surface area contributed by atoms with E-state index < -0.39 is 0 Å². The van der Waals surface area contributed by atoms with Crippen molar-refractivity contribution < 1.29 is 9.53 Å². The van der Waals surface area contributed by atoms with Crippen molar-refractivity contribution in [3.63, 3.8) is 0 Å². The number of hydrogen-bond acceptors (Lipinski definition) is 5. The molecule has 0 radical (unpaired) electrons. The van der Waals surface area contributed by atoms with Crippen LogP contribution in [0.25, 0.3) is 0 Å². The average Bonchev–Trinajstić information content (AvgIpc) is 2.93. The maximum Gasteiger partial charge on any atom is 0.227 e. The van der Waals surface area contributed by atoms with E-state index in [1.54, 1.807) is 6.08 Å².